The zero-order chi connectivity index (χ0) is 36.5. The molecule has 4 nitrogen and oxygen atoms in total. The Bertz CT molecular complexity index is 3350. The van der Waals surface area contributed by atoms with Crippen LogP contribution in [0.2, 0.25) is 0 Å². The second-order valence-corrected chi connectivity index (χ2v) is 14.2. The van der Waals surface area contributed by atoms with Crippen LogP contribution in [0.25, 0.3) is 110 Å². The van der Waals surface area contributed by atoms with Crippen LogP contribution >= 0.6 is 0 Å². The number of rotatable bonds is 4. The first-order valence-corrected chi connectivity index (χ1v) is 18.6. The lowest BCUT2D eigenvalue weighted by atomic mass is 9.91. The second kappa shape index (κ2) is 12.4. The van der Waals surface area contributed by atoms with Gasteiger partial charge in [0.05, 0.1) is 33.8 Å². The van der Waals surface area contributed by atoms with E-state index in [0.29, 0.717) is 5.82 Å². The molecule has 8 aromatic carbocycles. The maximum absolute atomic E-state index is 5.43. The van der Waals surface area contributed by atoms with Gasteiger partial charge >= 0.3 is 0 Å². The maximum Gasteiger partial charge on any atom is 0.161 e. The Morgan fingerprint density at radius 3 is 1.84 bits per heavy atom. The molecule has 11 aromatic rings. The van der Waals surface area contributed by atoms with E-state index in [0.717, 1.165) is 77.4 Å². The molecule has 0 fully saturated rings. The molecule has 0 aliphatic carbocycles. The van der Waals surface area contributed by atoms with Crippen molar-refractivity contribution < 1.29 is 0 Å². The van der Waals surface area contributed by atoms with Gasteiger partial charge in [-0.05, 0) is 81.2 Å². The van der Waals surface area contributed by atoms with E-state index in [1.807, 2.05) is 12.1 Å². The molecule has 11 rings (SSSR count). The summed E-state index contributed by atoms with van der Waals surface area (Å²) in [4.78, 5) is 21.3. The van der Waals surface area contributed by atoms with E-state index in [-0.39, 0.29) is 0 Å². The maximum atomic E-state index is 5.43. The fraction of sp³-hybridized carbons (Fsp3) is 0.0196. The number of hydrogen-bond acceptors (Lipinski definition) is 4. The lowest BCUT2D eigenvalue weighted by Crippen LogP contribution is -2.00. The Balaban J connectivity index is 1.23. The largest absolute Gasteiger partial charge is 0.247 e. The second-order valence-electron chi connectivity index (χ2n) is 14.2. The smallest absolute Gasteiger partial charge is 0.161 e. The first kappa shape index (κ1) is 31.2. The van der Waals surface area contributed by atoms with Crippen LogP contribution in [0, 0.1) is 6.92 Å². The molecular weight excluding hydrogens is 669 g/mol. The van der Waals surface area contributed by atoms with Gasteiger partial charge in [0.15, 0.2) is 5.82 Å². The van der Waals surface area contributed by atoms with Gasteiger partial charge in [-0.15, -0.1) is 0 Å². The summed E-state index contributed by atoms with van der Waals surface area (Å²) in [7, 11) is 0. The van der Waals surface area contributed by atoms with Crippen molar-refractivity contribution in [2.45, 2.75) is 6.92 Å². The third-order valence-electron chi connectivity index (χ3n) is 11.0. The average molecular weight is 701 g/mol. The number of pyridine rings is 2. The molecular formula is C51H32N4. The molecule has 0 saturated carbocycles. The highest BCUT2D eigenvalue weighted by Gasteiger charge is 2.20. The van der Waals surface area contributed by atoms with Crippen molar-refractivity contribution >= 4 is 64.9 Å². The molecule has 3 heterocycles. The van der Waals surface area contributed by atoms with E-state index < -0.39 is 0 Å². The number of fused-ring (bicyclic) bond motifs is 8. The topological polar surface area (TPSA) is 51.6 Å². The van der Waals surface area contributed by atoms with E-state index in [9.17, 15) is 0 Å². The molecule has 0 atom stereocenters. The van der Waals surface area contributed by atoms with Crippen LogP contribution in [-0.2, 0) is 0 Å². The van der Waals surface area contributed by atoms with Crippen LogP contribution in [-0.4, -0.2) is 19.9 Å². The summed E-state index contributed by atoms with van der Waals surface area (Å²) >= 11 is 0. The predicted molar refractivity (Wildman–Crippen MR) is 229 cm³/mol. The van der Waals surface area contributed by atoms with Gasteiger partial charge in [-0.1, -0.05) is 140 Å². The third kappa shape index (κ3) is 5.14. The van der Waals surface area contributed by atoms with Gasteiger partial charge in [0.2, 0.25) is 0 Å². The molecule has 0 saturated heterocycles. The zero-order valence-corrected chi connectivity index (χ0v) is 30.0. The van der Waals surface area contributed by atoms with E-state index in [2.05, 4.69) is 171 Å². The van der Waals surface area contributed by atoms with Gasteiger partial charge in [0.1, 0.15) is 0 Å². The van der Waals surface area contributed by atoms with E-state index >= 15 is 0 Å². The highest BCUT2D eigenvalue weighted by molar-refractivity contribution is 6.25. The lowest BCUT2D eigenvalue weighted by Gasteiger charge is -2.17. The first-order chi connectivity index (χ1) is 27.2. The molecule has 256 valence electrons. The standard InChI is InChI=1S/C51H32N4/c1-31-37-16-6-4-13-33(37)24-26-38(31)47-30-48(46-27-25-34-14-5-10-20-44(34)52-46)55-51(54-47)42-29-43-49(40-18-8-7-17-39(40)42)41-19-9-11-21-45(41)53-50(43)36-23-22-32-12-2-3-15-35(32)28-36/h2-30H,1H3. The van der Waals surface area contributed by atoms with Crippen molar-refractivity contribution in [3.05, 3.63) is 181 Å². The van der Waals surface area contributed by atoms with Gasteiger partial charge < -0.3 is 0 Å². The van der Waals surface area contributed by atoms with Crippen molar-refractivity contribution in [3.63, 3.8) is 0 Å². The predicted octanol–water partition coefficient (Wildman–Crippen LogP) is 13.2. The first-order valence-electron chi connectivity index (χ1n) is 18.6. The average Bonchev–Trinajstić information content (AvgIpc) is 3.25. The quantitative estimate of drug-likeness (QED) is 0.172. The lowest BCUT2D eigenvalue weighted by molar-refractivity contribution is 1.17. The summed E-state index contributed by atoms with van der Waals surface area (Å²) in [5, 5.41) is 11.5. The van der Waals surface area contributed by atoms with Crippen LogP contribution in [0.4, 0.5) is 0 Å². The number of aromatic nitrogens is 4. The Hall–Kier alpha value is -7.30. The number of para-hydroxylation sites is 2. The molecule has 0 unspecified atom stereocenters. The molecule has 0 spiro atoms. The number of aryl methyl sites for hydroxylation is 1. The van der Waals surface area contributed by atoms with Crippen molar-refractivity contribution in [2.24, 2.45) is 0 Å². The molecule has 0 aliphatic rings. The Kier molecular flexibility index (Phi) is 7.04. The van der Waals surface area contributed by atoms with Crippen LogP contribution in [0.5, 0.6) is 0 Å². The number of benzene rings is 8. The van der Waals surface area contributed by atoms with Gasteiger partial charge in [0, 0.05) is 38.2 Å². The van der Waals surface area contributed by atoms with E-state index in [1.165, 1.54) is 32.5 Å². The van der Waals surface area contributed by atoms with Crippen molar-refractivity contribution in [3.8, 4) is 45.3 Å². The normalized spacial score (nSPS) is 11.7. The van der Waals surface area contributed by atoms with E-state index in [1.54, 1.807) is 0 Å². The van der Waals surface area contributed by atoms with Gasteiger partial charge in [-0.25, -0.2) is 19.9 Å². The highest BCUT2D eigenvalue weighted by Crippen LogP contribution is 2.42. The SMILES string of the molecule is Cc1c(-c2cc(-c3ccc4ccccc4n3)nc(-c3cc4c(-c5ccc6ccccc6c5)nc5ccccc5c4c4ccccc34)n2)ccc2ccccc12. The number of nitrogens with zero attached hydrogens (tertiary/aromatic N) is 4. The van der Waals surface area contributed by atoms with Crippen LogP contribution in [0.3, 0.4) is 0 Å². The number of hydrogen-bond donors (Lipinski definition) is 0. The van der Waals surface area contributed by atoms with Crippen LogP contribution in [0.15, 0.2) is 176 Å². The Morgan fingerprint density at radius 2 is 0.982 bits per heavy atom. The fourth-order valence-corrected chi connectivity index (χ4v) is 8.31. The zero-order valence-electron chi connectivity index (χ0n) is 30.0. The summed E-state index contributed by atoms with van der Waals surface area (Å²) in [6.07, 6.45) is 0. The van der Waals surface area contributed by atoms with Gasteiger partial charge in [0.25, 0.3) is 0 Å². The van der Waals surface area contributed by atoms with Crippen LogP contribution in [0.1, 0.15) is 5.56 Å². The highest BCUT2D eigenvalue weighted by atomic mass is 14.9. The molecule has 3 aromatic heterocycles. The minimum atomic E-state index is 0.644. The minimum absolute atomic E-state index is 0.644. The fourth-order valence-electron chi connectivity index (χ4n) is 8.31. The molecule has 0 N–H and O–H groups in total. The summed E-state index contributed by atoms with van der Waals surface area (Å²) in [5.41, 5.74) is 9.52. The summed E-state index contributed by atoms with van der Waals surface area (Å²) < 4.78 is 0. The summed E-state index contributed by atoms with van der Waals surface area (Å²) in [5.74, 6) is 0.644. The summed E-state index contributed by atoms with van der Waals surface area (Å²) in [6, 6.07) is 61.9. The minimum Gasteiger partial charge on any atom is -0.247 e. The molecule has 0 radical (unpaired) electrons. The third-order valence-corrected chi connectivity index (χ3v) is 11.0. The van der Waals surface area contributed by atoms with Crippen molar-refractivity contribution in [1.29, 1.82) is 0 Å². The molecule has 4 heteroatoms. The molecule has 0 bridgehead atoms. The molecule has 55 heavy (non-hydrogen) atoms. The monoisotopic (exact) mass is 700 g/mol. The van der Waals surface area contributed by atoms with Gasteiger partial charge in [-0.3, -0.25) is 0 Å². The molecule has 0 aliphatic heterocycles. The van der Waals surface area contributed by atoms with Crippen LogP contribution < -0.4 is 0 Å². The Labute approximate surface area is 317 Å². The summed E-state index contributed by atoms with van der Waals surface area (Å²) in [6.45, 7) is 2.19. The Morgan fingerprint density at radius 1 is 0.345 bits per heavy atom. The van der Waals surface area contributed by atoms with Gasteiger partial charge in [-0.2, -0.15) is 0 Å². The van der Waals surface area contributed by atoms with E-state index in [4.69, 9.17) is 19.9 Å². The van der Waals surface area contributed by atoms with Crippen molar-refractivity contribution in [2.75, 3.05) is 0 Å². The van der Waals surface area contributed by atoms with Crippen molar-refractivity contribution in [1.82, 2.24) is 19.9 Å². The molecule has 0 amide bonds.